The number of aliphatic hydroxyl groups excluding tert-OH is 1. The molecule has 0 saturated heterocycles. The van der Waals surface area contributed by atoms with Crippen molar-refractivity contribution in [2.24, 2.45) is 0 Å². The summed E-state index contributed by atoms with van der Waals surface area (Å²) in [6.07, 6.45) is 4.71. The molecule has 0 spiro atoms. The van der Waals surface area contributed by atoms with Gasteiger partial charge in [0.25, 0.3) is 0 Å². The van der Waals surface area contributed by atoms with E-state index in [1.54, 1.807) is 11.3 Å². The molecule has 2 rings (SSSR count). The summed E-state index contributed by atoms with van der Waals surface area (Å²) in [5, 5.41) is 13.7. The van der Waals surface area contributed by atoms with E-state index in [9.17, 15) is 0 Å². The first-order valence-electron chi connectivity index (χ1n) is 5.13. The highest BCUT2D eigenvalue weighted by Crippen LogP contribution is 2.20. The number of rotatable bonds is 4. The molecule has 1 aliphatic rings. The predicted octanol–water partition coefficient (Wildman–Crippen LogP) is 1.32. The monoisotopic (exact) mass is 212 g/mol. The highest BCUT2D eigenvalue weighted by molar-refractivity contribution is 7.11. The van der Waals surface area contributed by atoms with Crippen LogP contribution in [0.15, 0.2) is 6.20 Å². The van der Waals surface area contributed by atoms with Gasteiger partial charge in [0.15, 0.2) is 0 Å². The molecule has 0 bridgehead atoms. The molecular weight excluding hydrogens is 196 g/mol. The molecule has 14 heavy (non-hydrogen) atoms. The highest BCUT2D eigenvalue weighted by atomic mass is 32.1. The van der Waals surface area contributed by atoms with E-state index >= 15 is 0 Å². The molecule has 1 aromatic rings. The Morgan fingerprint density at radius 1 is 1.64 bits per heavy atom. The van der Waals surface area contributed by atoms with E-state index in [1.165, 1.54) is 9.88 Å². The minimum atomic E-state index is -0.0693. The van der Waals surface area contributed by atoms with Crippen LogP contribution in [0, 0.1) is 0 Å². The molecule has 1 aromatic heterocycles. The van der Waals surface area contributed by atoms with Crippen molar-refractivity contribution in [2.75, 3.05) is 0 Å². The van der Waals surface area contributed by atoms with Crippen molar-refractivity contribution in [3.05, 3.63) is 16.1 Å². The smallest absolute Gasteiger partial charge is 0.0925 e. The molecule has 1 saturated carbocycles. The van der Waals surface area contributed by atoms with E-state index in [-0.39, 0.29) is 6.10 Å². The molecule has 1 fully saturated rings. The number of nitrogens with one attached hydrogen (secondary N) is 1. The minimum Gasteiger partial charge on any atom is -0.393 e. The Hall–Kier alpha value is -0.450. The Labute approximate surface area is 88.2 Å². The first-order chi connectivity index (χ1) is 6.78. The molecule has 0 aliphatic heterocycles. The number of hydrogen-bond acceptors (Lipinski definition) is 4. The summed E-state index contributed by atoms with van der Waals surface area (Å²) >= 11 is 1.77. The normalized spacial score (nSPS) is 26.1. The lowest BCUT2D eigenvalue weighted by Gasteiger charge is -2.31. The average molecular weight is 212 g/mol. The minimum absolute atomic E-state index is 0.0693. The Balaban J connectivity index is 1.75. The zero-order valence-corrected chi connectivity index (χ0v) is 9.18. The summed E-state index contributed by atoms with van der Waals surface area (Å²) in [5.41, 5.74) is 0. The largest absolute Gasteiger partial charge is 0.393 e. The van der Waals surface area contributed by atoms with Crippen LogP contribution in [0.4, 0.5) is 0 Å². The van der Waals surface area contributed by atoms with E-state index < -0.39 is 0 Å². The van der Waals surface area contributed by atoms with Gasteiger partial charge in [0.1, 0.15) is 0 Å². The van der Waals surface area contributed by atoms with Crippen molar-refractivity contribution in [1.29, 1.82) is 0 Å². The zero-order chi connectivity index (χ0) is 9.97. The number of hydrogen-bond donors (Lipinski definition) is 2. The molecular formula is C10H16N2OS. The first-order valence-corrected chi connectivity index (χ1v) is 5.94. The maximum absolute atomic E-state index is 9.11. The summed E-state index contributed by atoms with van der Waals surface area (Å²) in [6.45, 7) is 3.02. The van der Waals surface area contributed by atoms with Crippen LogP contribution in [0.5, 0.6) is 0 Å². The highest BCUT2D eigenvalue weighted by Gasteiger charge is 2.26. The van der Waals surface area contributed by atoms with Crippen LogP contribution in [0.3, 0.4) is 0 Å². The van der Waals surface area contributed by atoms with Crippen molar-refractivity contribution < 1.29 is 5.11 Å². The fourth-order valence-corrected chi connectivity index (χ4v) is 2.41. The van der Waals surface area contributed by atoms with Gasteiger partial charge >= 0.3 is 0 Å². The maximum atomic E-state index is 9.11. The zero-order valence-electron chi connectivity index (χ0n) is 8.36. The van der Waals surface area contributed by atoms with Gasteiger partial charge in [-0.05, 0) is 19.3 Å². The number of aromatic nitrogens is 1. The summed E-state index contributed by atoms with van der Waals surface area (Å²) < 4.78 is 0. The second kappa shape index (κ2) is 4.38. The van der Waals surface area contributed by atoms with Crippen LogP contribution >= 0.6 is 11.3 Å². The van der Waals surface area contributed by atoms with E-state index in [2.05, 4.69) is 17.2 Å². The summed E-state index contributed by atoms with van der Waals surface area (Å²) in [4.78, 5) is 5.60. The van der Waals surface area contributed by atoms with Gasteiger partial charge < -0.3 is 10.4 Å². The molecule has 0 aromatic carbocycles. The van der Waals surface area contributed by atoms with Crippen LogP contribution in [0.25, 0.3) is 0 Å². The third-order valence-corrected chi connectivity index (χ3v) is 3.72. The standard InChI is InChI=1S/C10H16N2OS/c1-2-10-12-6-9(14-10)5-11-7-3-8(13)4-7/h6-8,11,13H,2-5H2,1H3. The van der Waals surface area contributed by atoms with Gasteiger partial charge in [-0.15, -0.1) is 11.3 Å². The number of thiazole rings is 1. The van der Waals surface area contributed by atoms with E-state index in [0.29, 0.717) is 6.04 Å². The summed E-state index contributed by atoms with van der Waals surface area (Å²) in [5.74, 6) is 0. The van der Waals surface area contributed by atoms with Crippen LogP contribution in [0.1, 0.15) is 29.7 Å². The van der Waals surface area contributed by atoms with Crippen molar-refractivity contribution in [3.63, 3.8) is 0 Å². The Bertz CT molecular complexity index is 294. The molecule has 4 heteroatoms. The van der Waals surface area contributed by atoms with Crippen LogP contribution in [-0.4, -0.2) is 22.2 Å². The van der Waals surface area contributed by atoms with E-state index in [0.717, 1.165) is 25.8 Å². The first kappa shape index (κ1) is 10.1. The molecule has 0 radical (unpaired) electrons. The molecule has 1 heterocycles. The predicted molar refractivity (Wildman–Crippen MR) is 57.4 cm³/mol. The average Bonchev–Trinajstić information content (AvgIpc) is 2.58. The fraction of sp³-hybridized carbons (Fsp3) is 0.700. The van der Waals surface area contributed by atoms with Crippen LogP contribution in [-0.2, 0) is 13.0 Å². The van der Waals surface area contributed by atoms with Gasteiger partial charge in [-0.25, -0.2) is 4.98 Å². The topological polar surface area (TPSA) is 45.2 Å². The van der Waals surface area contributed by atoms with Gasteiger partial charge in [-0.2, -0.15) is 0 Å². The maximum Gasteiger partial charge on any atom is 0.0925 e. The summed E-state index contributed by atoms with van der Waals surface area (Å²) in [7, 11) is 0. The molecule has 1 aliphatic carbocycles. The van der Waals surface area contributed by atoms with Crippen molar-refractivity contribution in [1.82, 2.24) is 10.3 Å². The lowest BCUT2D eigenvalue weighted by Crippen LogP contribution is -2.43. The summed E-state index contributed by atoms with van der Waals surface area (Å²) in [6, 6.07) is 0.511. The fourth-order valence-electron chi connectivity index (χ4n) is 1.59. The molecule has 0 amide bonds. The molecule has 0 atom stereocenters. The number of aryl methyl sites for hydroxylation is 1. The quantitative estimate of drug-likeness (QED) is 0.791. The second-order valence-electron chi connectivity index (χ2n) is 3.78. The van der Waals surface area contributed by atoms with Gasteiger partial charge in [0, 0.05) is 23.7 Å². The molecule has 3 nitrogen and oxygen atoms in total. The number of aliphatic hydroxyl groups is 1. The van der Waals surface area contributed by atoms with Crippen molar-refractivity contribution in [3.8, 4) is 0 Å². The Morgan fingerprint density at radius 2 is 2.43 bits per heavy atom. The lowest BCUT2D eigenvalue weighted by atomic mass is 9.89. The van der Waals surface area contributed by atoms with Gasteiger partial charge in [-0.3, -0.25) is 0 Å². The molecule has 2 N–H and O–H groups in total. The van der Waals surface area contributed by atoms with Crippen molar-refractivity contribution in [2.45, 2.75) is 44.9 Å². The van der Waals surface area contributed by atoms with Gasteiger partial charge in [0.2, 0.25) is 0 Å². The van der Waals surface area contributed by atoms with E-state index in [4.69, 9.17) is 5.11 Å². The Morgan fingerprint density at radius 3 is 3.00 bits per heavy atom. The van der Waals surface area contributed by atoms with Gasteiger partial charge in [-0.1, -0.05) is 6.92 Å². The Kier molecular flexibility index (Phi) is 3.15. The lowest BCUT2D eigenvalue weighted by molar-refractivity contribution is 0.0620. The molecule has 78 valence electrons. The van der Waals surface area contributed by atoms with Crippen LogP contribution in [0.2, 0.25) is 0 Å². The second-order valence-corrected chi connectivity index (χ2v) is 4.98. The van der Waals surface area contributed by atoms with Crippen LogP contribution < -0.4 is 5.32 Å². The van der Waals surface area contributed by atoms with Crippen molar-refractivity contribution >= 4 is 11.3 Å². The third kappa shape index (κ3) is 2.32. The van der Waals surface area contributed by atoms with Gasteiger partial charge in [0.05, 0.1) is 11.1 Å². The number of nitrogens with zero attached hydrogens (tertiary/aromatic N) is 1. The van der Waals surface area contributed by atoms with E-state index in [1.807, 2.05) is 6.20 Å². The molecule has 0 unspecified atom stereocenters. The third-order valence-electron chi connectivity index (χ3n) is 2.58. The SMILES string of the molecule is CCc1ncc(CNC2CC(O)C2)s1.